The van der Waals surface area contributed by atoms with Crippen molar-refractivity contribution in [1.29, 1.82) is 0 Å². The van der Waals surface area contributed by atoms with Gasteiger partial charge in [0.2, 0.25) is 11.8 Å². The minimum Gasteiger partial charge on any atom is -0.367 e. The Morgan fingerprint density at radius 3 is 2.36 bits per heavy atom. The summed E-state index contributed by atoms with van der Waals surface area (Å²) in [5, 5.41) is 2.76. The molecule has 0 radical (unpaired) electrons. The Morgan fingerprint density at radius 1 is 1.06 bits per heavy atom. The Bertz CT molecular complexity index is 1130. The van der Waals surface area contributed by atoms with E-state index >= 15 is 0 Å². The number of carbonyl (C=O) groups is 2. The van der Waals surface area contributed by atoms with Gasteiger partial charge in [-0.3, -0.25) is 24.3 Å². The molecule has 3 heterocycles. The first-order valence-corrected chi connectivity index (χ1v) is 10.7. The first kappa shape index (κ1) is 23.1. The number of nitrogens with one attached hydrogen (secondary N) is 1. The highest BCUT2D eigenvalue weighted by atomic mass is 35.5. The molecule has 2 aliphatic heterocycles. The van der Waals surface area contributed by atoms with E-state index in [9.17, 15) is 27.6 Å². The molecule has 2 amide bonds. The molecule has 2 fully saturated rings. The van der Waals surface area contributed by atoms with E-state index in [-0.39, 0.29) is 23.9 Å². The van der Waals surface area contributed by atoms with Crippen LogP contribution in [0.15, 0.2) is 35.5 Å². The van der Waals surface area contributed by atoms with Gasteiger partial charge < -0.3 is 9.80 Å². The number of hydrogen-bond acceptors (Lipinski definition) is 6. The van der Waals surface area contributed by atoms with E-state index in [0.717, 1.165) is 12.0 Å². The zero-order valence-corrected chi connectivity index (χ0v) is 18.2. The van der Waals surface area contributed by atoms with E-state index in [1.54, 1.807) is 17.0 Å². The number of alkyl halides is 3. The van der Waals surface area contributed by atoms with Crippen LogP contribution in [0.3, 0.4) is 0 Å². The van der Waals surface area contributed by atoms with Gasteiger partial charge in [0.05, 0.1) is 29.2 Å². The number of piperidine rings is 1. The second-order valence-corrected chi connectivity index (χ2v) is 8.36. The van der Waals surface area contributed by atoms with Crippen molar-refractivity contribution in [3.63, 3.8) is 0 Å². The van der Waals surface area contributed by atoms with Crippen LogP contribution in [-0.4, -0.2) is 53.7 Å². The second-order valence-electron chi connectivity index (χ2n) is 7.99. The molecule has 2 saturated heterocycles. The Morgan fingerprint density at radius 2 is 1.73 bits per heavy atom. The summed E-state index contributed by atoms with van der Waals surface area (Å²) < 4.78 is 38.7. The predicted molar refractivity (Wildman–Crippen MR) is 116 cm³/mol. The maximum atomic E-state index is 12.7. The fourth-order valence-corrected chi connectivity index (χ4v) is 4.57. The van der Waals surface area contributed by atoms with Crippen LogP contribution in [0.25, 0.3) is 0 Å². The van der Waals surface area contributed by atoms with Crippen molar-refractivity contribution < 1.29 is 22.8 Å². The lowest BCUT2D eigenvalue weighted by molar-refractivity contribution is -0.141. The summed E-state index contributed by atoms with van der Waals surface area (Å²) >= 11 is 6.65. The third kappa shape index (κ3) is 4.97. The first-order chi connectivity index (χ1) is 15.6. The summed E-state index contributed by atoms with van der Waals surface area (Å²) in [5.41, 5.74) is 0.738. The quantitative estimate of drug-likeness (QED) is 0.672. The van der Waals surface area contributed by atoms with Crippen LogP contribution >= 0.6 is 11.6 Å². The summed E-state index contributed by atoms with van der Waals surface area (Å²) in [7, 11) is 0. The zero-order chi connectivity index (χ0) is 23.8. The summed E-state index contributed by atoms with van der Waals surface area (Å²) in [6, 6.07) is 5.39. The minimum absolute atomic E-state index is 0.116. The monoisotopic (exact) mass is 483 g/mol. The standard InChI is InChI=1S/C21H21ClF3N5O3/c22-18-13(14-4-5-17(31)27-19(14)32)2-1-3-15(18)28-6-8-29(9-7-28)16-10-26-12-30(20(16)33)11-21(23,24)25/h1-3,10,12,14H,4-9,11H2,(H,27,31,32). The fraction of sp³-hybridized carbons (Fsp3) is 0.429. The van der Waals surface area contributed by atoms with Crippen molar-refractivity contribution in [3.8, 4) is 0 Å². The van der Waals surface area contributed by atoms with Crippen molar-refractivity contribution in [3.05, 3.63) is 51.7 Å². The number of rotatable bonds is 4. The largest absolute Gasteiger partial charge is 0.406 e. The van der Waals surface area contributed by atoms with Crippen LogP contribution in [0.2, 0.25) is 5.02 Å². The maximum absolute atomic E-state index is 12.7. The number of anilines is 2. The van der Waals surface area contributed by atoms with E-state index in [1.165, 1.54) is 6.20 Å². The van der Waals surface area contributed by atoms with Crippen molar-refractivity contribution in [1.82, 2.24) is 14.9 Å². The van der Waals surface area contributed by atoms with Crippen LogP contribution in [0.4, 0.5) is 24.5 Å². The van der Waals surface area contributed by atoms with Gasteiger partial charge in [0, 0.05) is 32.6 Å². The number of halogens is 4. The van der Waals surface area contributed by atoms with Crippen LogP contribution in [0.1, 0.15) is 24.3 Å². The van der Waals surface area contributed by atoms with Gasteiger partial charge >= 0.3 is 6.18 Å². The highest BCUT2D eigenvalue weighted by molar-refractivity contribution is 6.34. The maximum Gasteiger partial charge on any atom is 0.406 e. The van der Waals surface area contributed by atoms with Crippen LogP contribution < -0.4 is 20.7 Å². The molecule has 1 atom stereocenters. The number of amides is 2. The van der Waals surface area contributed by atoms with Gasteiger partial charge in [-0.15, -0.1) is 0 Å². The predicted octanol–water partition coefficient (Wildman–Crippen LogP) is 2.31. The number of hydrogen-bond donors (Lipinski definition) is 1. The Hall–Kier alpha value is -3.08. The van der Waals surface area contributed by atoms with E-state index < -0.39 is 24.2 Å². The molecule has 1 N–H and O–H groups in total. The van der Waals surface area contributed by atoms with Crippen molar-refractivity contribution in [2.24, 2.45) is 0 Å². The average molecular weight is 484 g/mol. The normalized spacial score (nSPS) is 19.6. The molecule has 0 saturated carbocycles. The Kier molecular flexibility index (Phi) is 6.33. The molecule has 4 rings (SSSR count). The van der Waals surface area contributed by atoms with Crippen LogP contribution in [0, 0.1) is 0 Å². The number of aromatic nitrogens is 2. The fourth-order valence-electron chi connectivity index (χ4n) is 4.19. The lowest BCUT2D eigenvalue weighted by Crippen LogP contribution is -2.48. The molecule has 33 heavy (non-hydrogen) atoms. The lowest BCUT2D eigenvalue weighted by atomic mass is 9.90. The van der Waals surface area contributed by atoms with E-state index in [0.29, 0.717) is 47.8 Å². The van der Waals surface area contributed by atoms with Gasteiger partial charge in [0.15, 0.2) is 0 Å². The lowest BCUT2D eigenvalue weighted by Gasteiger charge is -2.37. The molecule has 1 aromatic carbocycles. The molecule has 12 heteroatoms. The second kappa shape index (κ2) is 9.05. The molecule has 176 valence electrons. The van der Waals surface area contributed by atoms with Gasteiger partial charge in [-0.05, 0) is 18.1 Å². The highest BCUT2D eigenvalue weighted by Gasteiger charge is 2.32. The molecule has 0 aliphatic carbocycles. The zero-order valence-electron chi connectivity index (χ0n) is 17.4. The summed E-state index contributed by atoms with van der Waals surface area (Å²) in [5.74, 6) is -1.19. The molecule has 0 bridgehead atoms. The van der Waals surface area contributed by atoms with Crippen LogP contribution in [0.5, 0.6) is 0 Å². The average Bonchev–Trinajstić information content (AvgIpc) is 2.75. The molecular weight excluding hydrogens is 463 g/mol. The smallest absolute Gasteiger partial charge is 0.367 e. The van der Waals surface area contributed by atoms with E-state index in [2.05, 4.69) is 10.3 Å². The van der Waals surface area contributed by atoms with Gasteiger partial charge in [-0.1, -0.05) is 23.7 Å². The number of imide groups is 1. The number of carbonyl (C=O) groups excluding carboxylic acids is 2. The molecule has 2 aliphatic rings. The highest BCUT2D eigenvalue weighted by Crippen LogP contribution is 2.37. The first-order valence-electron chi connectivity index (χ1n) is 10.4. The van der Waals surface area contributed by atoms with E-state index in [1.807, 2.05) is 11.0 Å². The molecule has 2 aromatic rings. The number of nitrogens with zero attached hydrogens (tertiary/aromatic N) is 4. The van der Waals surface area contributed by atoms with Gasteiger partial charge in [-0.25, -0.2) is 4.98 Å². The van der Waals surface area contributed by atoms with E-state index in [4.69, 9.17) is 11.6 Å². The Balaban J connectivity index is 1.49. The third-order valence-electron chi connectivity index (χ3n) is 5.82. The number of piperazine rings is 1. The van der Waals surface area contributed by atoms with Gasteiger partial charge in [0.1, 0.15) is 12.2 Å². The molecular formula is C21H21ClF3N5O3. The van der Waals surface area contributed by atoms with Crippen LogP contribution in [-0.2, 0) is 16.1 Å². The summed E-state index contributed by atoms with van der Waals surface area (Å²) in [6.45, 7) is 0.297. The minimum atomic E-state index is -4.52. The molecule has 0 spiro atoms. The third-order valence-corrected chi connectivity index (χ3v) is 6.23. The van der Waals surface area contributed by atoms with Gasteiger partial charge in [-0.2, -0.15) is 13.2 Å². The molecule has 1 unspecified atom stereocenters. The topological polar surface area (TPSA) is 87.5 Å². The van der Waals surface area contributed by atoms with Crippen molar-refractivity contribution >= 4 is 34.8 Å². The Labute approximate surface area is 191 Å². The summed E-state index contributed by atoms with van der Waals surface area (Å²) in [6.07, 6.45) is -1.73. The SMILES string of the molecule is O=C1CCC(c2cccc(N3CCN(c4cncn(CC(F)(F)F)c4=O)CC3)c2Cl)C(=O)N1. The molecule has 1 aromatic heterocycles. The van der Waals surface area contributed by atoms with Crippen molar-refractivity contribution in [2.75, 3.05) is 36.0 Å². The van der Waals surface area contributed by atoms with Gasteiger partial charge in [0.25, 0.3) is 5.56 Å². The van der Waals surface area contributed by atoms with Crippen molar-refractivity contribution in [2.45, 2.75) is 31.5 Å². The number of benzene rings is 1. The summed E-state index contributed by atoms with van der Waals surface area (Å²) in [4.78, 5) is 43.7. The molecule has 8 nitrogen and oxygen atoms in total.